The number of aldehydes is 1. The Balaban J connectivity index is 2.69. The van der Waals surface area contributed by atoms with Gasteiger partial charge in [0.1, 0.15) is 6.54 Å². The number of hydrogen-bond donors (Lipinski definition) is 0. The second kappa shape index (κ2) is 5.29. The summed E-state index contributed by atoms with van der Waals surface area (Å²) >= 11 is 0. The van der Waals surface area contributed by atoms with Crippen LogP contribution in [0.5, 0.6) is 0 Å². The largest absolute Gasteiger partial charge is 0.342 e. The average Bonchev–Trinajstić information content (AvgIpc) is 2.67. The number of imidazole rings is 1. The first-order chi connectivity index (χ1) is 7.22. The van der Waals surface area contributed by atoms with Crippen molar-refractivity contribution in [3.05, 3.63) is 18.2 Å². The van der Waals surface area contributed by atoms with Gasteiger partial charge in [-0.15, -0.1) is 0 Å². The fourth-order valence-corrected chi connectivity index (χ4v) is 1.39. The lowest BCUT2D eigenvalue weighted by molar-refractivity contribution is -0.131. The Morgan fingerprint density at radius 1 is 1.53 bits per heavy atom. The summed E-state index contributed by atoms with van der Waals surface area (Å²) in [6.07, 6.45) is 3.79. The Hall–Kier alpha value is -1.65. The first-order valence-electron chi connectivity index (χ1n) is 4.97. The van der Waals surface area contributed by atoms with E-state index in [4.69, 9.17) is 0 Å². The van der Waals surface area contributed by atoms with E-state index in [2.05, 4.69) is 4.98 Å². The van der Waals surface area contributed by atoms with Crippen molar-refractivity contribution in [2.24, 2.45) is 0 Å². The van der Waals surface area contributed by atoms with Crippen molar-refractivity contribution in [2.45, 2.75) is 20.4 Å². The molecule has 0 bridgehead atoms. The van der Waals surface area contributed by atoms with E-state index in [0.717, 1.165) is 0 Å². The van der Waals surface area contributed by atoms with Gasteiger partial charge in [-0.3, -0.25) is 9.59 Å². The zero-order valence-electron chi connectivity index (χ0n) is 9.01. The maximum atomic E-state index is 11.7. The predicted octanol–water partition coefficient (Wildman–Crippen LogP) is 0.564. The third-order valence-corrected chi connectivity index (χ3v) is 2.27. The minimum Gasteiger partial charge on any atom is -0.342 e. The fourth-order valence-electron chi connectivity index (χ4n) is 1.39. The van der Waals surface area contributed by atoms with Gasteiger partial charge < -0.3 is 9.47 Å². The highest BCUT2D eigenvalue weighted by Gasteiger charge is 2.11. The Morgan fingerprint density at radius 3 is 2.73 bits per heavy atom. The molecule has 0 N–H and O–H groups in total. The van der Waals surface area contributed by atoms with Crippen molar-refractivity contribution in [3.8, 4) is 0 Å². The van der Waals surface area contributed by atoms with Gasteiger partial charge in [0.15, 0.2) is 12.1 Å². The van der Waals surface area contributed by atoms with Crippen LogP contribution in [0.15, 0.2) is 12.4 Å². The monoisotopic (exact) mass is 209 g/mol. The number of nitrogens with zero attached hydrogens (tertiary/aromatic N) is 3. The molecule has 15 heavy (non-hydrogen) atoms. The van der Waals surface area contributed by atoms with E-state index in [1.807, 2.05) is 13.8 Å². The molecular weight excluding hydrogens is 194 g/mol. The van der Waals surface area contributed by atoms with Crippen LogP contribution in [0.1, 0.15) is 24.5 Å². The highest BCUT2D eigenvalue weighted by atomic mass is 16.2. The minimum atomic E-state index is 0.00102. The molecular formula is C10H15N3O2. The molecule has 1 aromatic rings. The maximum Gasteiger partial charge on any atom is 0.242 e. The van der Waals surface area contributed by atoms with E-state index < -0.39 is 0 Å². The molecule has 0 spiro atoms. The molecule has 0 aliphatic carbocycles. The summed E-state index contributed by atoms with van der Waals surface area (Å²) in [7, 11) is 0. The van der Waals surface area contributed by atoms with Crippen LogP contribution in [0.25, 0.3) is 0 Å². The van der Waals surface area contributed by atoms with Crippen molar-refractivity contribution < 1.29 is 9.59 Å². The molecule has 82 valence electrons. The van der Waals surface area contributed by atoms with Crippen LogP contribution in [-0.4, -0.2) is 39.7 Å². The first-order valence-corrected chi connectivity index (χ1v) is 4.97. The van der Waals surface area contributed by atoms with E-state index in [0.29, 0.717) is 19.4 Å². The van der Waals surface area contributed by atoms with Gasteiger partial charge in [-0.05, 0) is 13.8 Å². The first kappa shape index (κ1) is 11.4. The standard InChI is InChI=1S/C10H15N3O2/c1-3-12(4-2)10(15)7-13-6-5-11-9(13)8-14/h5-6,8H,3-4,7H2,1-2H3. The van der Waals surface area contributed by atoms with Gasteiger partial charge in [0, 0.05) is 25.5 Å². The van der Waals surface area contributed by atoms with Gasteiger partial charge >= 0.3 is 0 Å². The Morgan fingerprint density at radius 2 is 2.20 bits per heavy atom. The van der Waals surface area contributed by atoms with Crippen molar-refractivity contribution in [1.29, 1.82) is 0 Å². The van der Waals surface area contributed by atoms with Crippen LogP contribution in [-0.2, 0) is 11.3 Å². The highest BCUT2D eigenvalue weighted by Crippen LogP contribution is 1.97. The Kier molecular flexibility index (Phi) is 4.03. The molecule has 0 atom stereocenters. The van der Waals surface area contributed by atoms with Crippen molar-refractivity contribution in [3.63, 3.8) is 0 Å². The molecule has 0 saturated heterocycles. The quantitative estimate of drug-likeness (QED) is 0.666. The number of likely N-dealkylation sites (N-methyl/N-ethyl adjacent to an activating group) is 1. The zero-order chi connectivity index (χ0) is 11.3. The van der Waals surface area contributed by atoms with Crippen molar-refractivity contribution in [2.75, 3.05) is 13.1 Å². The van der Waals surface area contributed by atoms with Gasteiger partial charge in [-0.2, -0.15) is 0 Å². The number of rotatable bonds is 5. The molecule has 0 aromatic carbocycles. The number of amides is 1. The molecule has 1 rings (SSSR count). The highest BCUT2D eigenvalue weighted by molar-refractivity contribution is 5.77. The van der Waals surface area contributed by atoms with E-state index in [1.165, 1.54) is 6.20 Å². The SMILES string of the molecule is CCN(CC)C(=O)Cn1ccnc1C=O. The smallest absolute Gasteiger partial charge is 0.242 e. The van der Waals surface area contributed by atoms with Gasteiger partial charge in [-0.25, -0.2) is 4.98 Å². The number of aromatic nitrogens is 2. The summed E-state index contributed by atoms with van der Waals surface area (Å²) in [4.78, 5) is 27.8. The maximum absolute atomic E-state index is 11.7. The summed E-state index contributed by atoms with van der Waals surface area (Å²) in [5.41, 5.74) is 0. The minimum absolute atomic E-state index is 0.00102. The molecule has 0 fully saturated rings. The van der Waals surface area contributed by atoms with Crippen molar-refractivity contribution >= 4 is 12.2 Å². The molecule has 5 nitrogen and oxygen atoms in total. The average molecular weight is 209 g/mol. The predicted molar refractivity (Wildman–Crippen MR) is 55.5 cm³/mol. The summed E-state index contributed by atoms with van der Waals surface area (Å²) in [5, 5.41) is 0. The zero-order valence-corrected chi connectivity index (χ0v) is 9.01. The lowest BCUT2D eigenvalue weighted by Gasteiger charge is -2.18. The van der Waals surface area contributed by atoms with E-state index in [1.54, 1.807) is 15.7 Å². The topological polar surface area (TPSA) is 55.2 Å². The molecule has 0 radical (unpaired) electrons. The van der Waals surface area contributed by atoms with Gasteiger partial charge in [0.05, 0.1) is 0 Å². The molecule has 0 saturated carbocycles. The van der Waals surface area contributed by atoms with Crippen LogP contribution < -0.4 is 0 Å². The van der Waals surface area contributed by atoms with E-state index in [9.17, 15) is 9.59 Å². The van der Waals surface area contributed by atoms with Crippen LogP contribution in [0.4, 0.5) is 0 Å². The Bertz CT molecular complexity index is 342. The molecule has 0 aliphatic rings. The van der Waals surface area contributed by atoms with Gasteiger partial charge in [0.25, 0.3) is 0 Å². The molecule has 1 amide bonds. The second-order valence-electron chi connectivity index (χ2n) is 3.10. The second-order valence-corrected chi connectivity index (χ2v) is 3.10. The van der Waals surface area contributed by atoms with Crippen LogP contribution in [0.2, 0.25) is 0 Å². The lowest BCUT2D eigenvalue weighted by atomic mass is 10.4. The van der Waals surface area contributed by atoms with E-state index in [-0.39, 0.29) is 18.3 Å². The molecule has 1 heterocycles. The normalized spacial score (nSPS) is 10.0. The van der Waals surface area contributed by atoms with Gasteiger partial charge in [-0.1, -0.05) is 0 Å². The number of hydrogen-bond acceptors (Lipinski definition) is 3. The van der Waals surface area contributed by atoms with Crippen LogP contribution >= 0.6 is 0 Å². The molecule has 0 aliphatic heterocycles. The summed E-state index contributed by atoms with van der Waals surface area (Å²) in [6.45, 7) is 5.39. The lowest BCUT2D eigenvalue weighted by Crippen LogP contribution is -2.33. The summed E-state index contributed by atoms with van der Waals surface area (Å²) in [6, 6.07) is 0. The summed E-state index contributed by atoms with van der Waals surface area (Å²) < 4.78 is 1.55. The third-order valence-electron chi connectivity index (χ3n) is 2.27. The van der Waals surface area contributed by atoms with Crippen molar-refractivity contribution in [1.82, 2.24) is 14.5 Å². The fraction of sp³-hybridized carbons (Fsp3) is 0.500. The molecule has 1 aromatic heterocycles. The summed E-state index contributed by atoms with van der Waals surface area (Å²) in [5.74, 6) is 0.289. The van der Waals surface area contributed by atoms with Crippen LogP contribution in [0, 0.1) is 0 Å². The van der Waals surface area contributed by atoms with Crippen LogP contribution in [0.3, 0.4) is 0 Å². The Labute approximate surface area is 88.7 Å². The van der Waals surface area contributed by atoms with Gasteiger partial charge in [0.2, 0.25) is 5.91 Å². The third kappa shape index (κ3) is 2.65. The van der Waals surface area contributed by atoms with E-state index >= 15 is 0 Å². The molecule has 0 unspecified atom stereocenters. The number of carbonyl (C=O) groups is 2. The molecule has 5 heteroatoms. The number of carbonyl (C=O) groups excluding carboxylic acids is 2.